The molecule has 4 heterocycles. The summed E-state index contributed by atoms with van der Waals surface area (Å²) in [5, 5.41) is 33.7. The minimum absolute atomic E-state index is 0.0525. The number of aromatic carboxylic acids is 1. The molecule has 53 heavy (non-hydrogen) atoms. The zero-order valence-corrected chi connectivity index (χ0v) is 30.7. The molecule has 0 bridgehead atoms. The minimum atomic E-state index is -1.13. The number of carboxylic acid groups (broad SMARTS) is 1. The van der Waals surface area contributed by atoms with Crippen molar-refractivity contribution in [3.05, 3.63) is 104 Å². The third kappa shape index (κ3) is 11.2. The van der Waals surface area contributed by atoms with Gasteiger partial charge in [-0.2, -0.15) is 0 Å². The number of aliphatic hydroxyl groups is 2. The van der Waals surface area contributed by atoms with Gasteiger partial charge in [-0.05, 0) is 19.2 Å². The fourth-order valence-corrected chi connectivity index (χ4v) is 6.20. The Morgan fingerprint density at radius 1 is 0.755 bits per heavy atom. The summed E-state index contributed by atoms with van der Waals surface area (Å²) in [6, 6.07) is 15.0. The number of fused-ring (bicyclic) bond motifs is 2. The van der Waals surface area contributed by atoms with Gasteiger partial charge < -0.3 is 45.0 Å². The van der Waals surface area contributed by atoms with Crippen molar-refractivity contribution in [3.8, 4) is 0 Å². The predicted molar refractivity (Wildman–Crippen MR) is 201 cm³/mol. The van der Waals surface area contributed by atoms with Crippen molar-refractivity contribution in [1.82, 2.24) is 30.2 Å². The first-order valence-corrected chi connectivity index (χ1v) is 18.1. The number of aromatic amines is 2. The summed E-state index contributed by atoms with van der Waals surface area (Å²) in [4.78, 5) is 63.8. The van der Waals surface area contributed by atoms with Gasteiger partial charge in [-0.1, -0.05) is 36.4 Å². The number of hydrogen-bond donors (Lipinski definition) is 6. The molecule has 0 aliphatic heterocycles. The maximum Gasteiger partial charge on any atom is 0.355 e. The summed E-state index contributed by atoms with van der Waals surface area (Å²) in [5.74, 6) is -1.88. The van der Waals surface area contributed by atoms with E-state index in [4.69, 9.17) is 24.8 Å². The van der Waals surface area contributed by atoms with Crippen LogP contribution in [0.4, 0.5) is 0 Å². The highest BCUT2D eigenvalue weighted by atomic mass is 32.1. The molecule has 6 N–H and O–H groups in total. The van der Waals surface area contributed by atoms with Crippen molar-refractivity contribution in [1.29, 1.82) is 0 Å². The molecular weight excluding hydrogens is 725 g/mol. The maximum absolute atomic E-state index is 12.7. The molecule has 0 unspecified atom stereocenters. The van der Waals surface area contributed by atoms with Crippen LogP contribution in [0.15, 0.2) is 71.7 Å². The summed E-state index contributed by atoms with van der Waals surface area (Å²) in [6.45, 7) is 2.98. The second kappa shape index (κ2) is 20.8. The molecule has 1 amide bonds. The maximum atomic E-state index is 12.7. The first-order valence-electron chi connectivity index (χ1n) is 16.3. The number of ether oxygens (including phenoxy) is 2. The van der Waals surface area contributed by atoms with E-state index in [2.05, 4.69) is 25.3 Å². The van der Waals surface area contributed by atoms with Crippen LogP contribution in [0.1, 0.15) is 51.7 Å². The number of amides is 1. The van der Waals surface area contributed by atoms with Crippen molar-refractivity contribution in [2.24, 2.45) is 0 Å². The van der Waals surface area contributed by atoms with E-state index in [1.807, 2.05) is 55.6 Å². The van der Waals surface area contributed by atoms with Crippen molar-refractivity contribution in [2.45, 2.75) is 0 Å². The summed E-state index contributed by atoms with van der Waals surface area (Å²) in [7, 11) is 3.51. The Morgan fingerprint density at radius 2 is 1.25 bits per heavy atom. The van der Waals surface area contributed by atoms with E-state index in [-0.39, 0.29) is 58.7 Å². The molecule has 0 atom stereocenters. The van der Waals surface area contributed by atoms with Gasteiger partial charge in [-0.3, -0.25) is 14.4 Å². The molecule has 6 aromatic rings. The van der Waals surface area contributed by atoms with Gasteiger partial charge in [0.2, 0.25) is 11.6 Å². The van der Waals surface area contributed by atoms with Crippen molar-refractivity contribution < 1.29 is 44.0 Å². The highest BCUT2D eigenvalue weighted by molar-refractivity contribution is 7.12. The van der Waals surface area contributed by atoms with Crippen molar-refractivity contribution in [2.75, 3.05) is 66.8 Å². The lowest BCUT2D eigenvalue weighted by atomic mass is 10.1. The summed E-state index contributed by atoms with van der Waals surface area (Å²) in [6.07, 6.45) is 3.29. The molecule has 17 heteroatoms. The van der Waals surface area contributed by atoms with Crippen LogP contribution in [0, 0.1) is 0 Å². The Labute approximate surface area is 312 Å². The van der Waals surface area contributed by atoms with Gasteiger partial charge in [0.25, 0.3) is 5.91 Å². The SMILES string of the molecule is CN(CCOCCO)C(=O)c1csc(C(=O)c2c[nH]c3ccccc23)n1.CNCCOCCO.O=C(O)c1csc(C(=O)c2c[nH]c3ccccc23)n1. The summed E-state index contributed by atoms with van der Waals surface area (Å²) >= 11 is 2.19. The predicted octanol–water partition coefficient (Wildman–Crippen LogP) is 3.70. The van der Waals surface area contributed by atoms with Gasteiger partial charge in [-0.15, -0.1) is 22.7 Å². The lowest BCUT2D eigenvalue weighted by molar-refractivity contribution is 0.0614. The second-order valence-electron chi connectivity index (χ2n) is 11.0. The topological polar surface area (TPSA) is 220 Å². The zero-order valence-electron chi connectivity index (χ0n) is 29.0. The first kappa shape index (κ1) is 40.6. The average Bonchev–Trinajstić information content (AvgIpc) is 4.01. The number of ketones is 2. The number of carboxylic acids is 1. The van der Waals surface area contributed by atoms with Crippen molar-refractivity contribution >= 4 is 67.9 Å². The number of aliphatic hydroxyl groups excluding tert-OH is 2. The normalized spacial score (nSPS) is 10.7. The van der Waals surface area contributed by atoms with Crippen LogP contribution < -0.4 is 5.32 Å². The van der Waals surface area contributed by atoms with Gasteiger partial charge in [0, 0.05) is 65.1 Å². The highest BCUT2D eigenvalue weighted by Crippen LogP contribution is 2.24. The molecule has 0 radical (unpaired) electrons. The Bertz CT molecular complexity index is 2100. The molecule has 2 aromatic carbocycles. The van der Waals surface area contributed by atoms with Crippen LogP contribution >= 0.6 is 22.7 Å². The first-order chi connectivity index (χ1) is 25.7. The number of para-hydroxylation sites is 2. The molecule has 0 saturated carbocycles. The molecule has 0 saturated heterocycles. The second-order valence-corrected chi connectivity index (χ2v) is 12.8. The number of thiazole rings is 2. The molecule has 0 fully saturated rings. The van der Waals surface area contributed by atoms with Gasteiger partial charge in [0.05, 0.1) is 50.8 Å². The quantitative estimate of drug-likeness (QED) is 0.0614. The third-order valence-electron chi connectivity index (χ3n) is 7.39. The average molecular weight is 765 g/mol. The molecule has 0 aliphatic carbocycles. The number of carbonyl (C=O) groups is 4. The number of likely N-dealkylation sites (N-methyl/N-ethyl adjacent to an activating group) is 2. The van der Waals surface area contributed by atoms with Crippen LogP contribution in [-0.4, -0.2) is 130 Å². The molecule has 15 nitrogen and oxygen atoms in total. The number of nitrogens with zero attached hydrogens (tertiary/aromatic N) is 3. The van der Waals surface area contributed by atoms with Gasteiger partial charge >= 0.3 is 5.97 Å². The van der Waals surface area contributed by atoms with E-state index in [0.29, 0.717) is 37.5 Å². The molecular formula is C36H40N6O9S2. The molecule has 0 aliphatic rings. The standard InChI is InChI=1S/C18H19N3O4S.C13H8N2O3S.C5H13NO2/c1-21(6-8-25-9-7-22)18(24)15-11-26-17(20-15)16(23)13-10-19-14-5-3-2-4-12(13)14;16-11(12-15-10(6-19-12)13(17)18)8-5-14-9-4-2-1-3-7(8)9;1-6-2-4-8-5-3-7/h2-5,10-11,19,22H,6-9H2,1H3;1-6,14H,(H,17,18);6-7H,2-5H2,1H3. The monoisotopic (exact) mass is 764 g/mol. The van der Waals surface area contributed by atoms with E-state index in [1.165, 1.54) is 10.3 Å². The van der Waals surface area contributed by atoms with Crippen LogP contribution in [0.2, 0.25) is 0 Å². The molecule has 4 aromatic heterocycles. The van der Waals surface area contributed by atoms with Crippen molar-refractivity contribution in [3.63, 3.8) is 0 Å². The highest BCUT2D eigenvalue weighted by Gasteiger charge is 2.22. The van der Waals surface area contributed by atoms with Crippen LogP contribution in [0.5, 0.6) is 0 Å². The van der Waals surface area contributed by atoms with E-state index >= 15 is 0 Å². The number of carbonyl (C=O) groups excluding carboxylic acids is 3. The number of rotatable bonds is 16. The third-order valence-corrected chi connectivity index (χ3v) is 9.07. The lowest BCUT2D eigenvalue weighted by Gasteiger charge is -2.15. The minimum Gasteiger partial charge on any atom is -0.476 e. The lowest BCUT2D eigenvalue weighted by Crippen LogP contribution is -2.30. The Hall–Kier alpha value is -5.14. The number of nitrogens with one attached hydrogen (secondary N) is 3. The van der Waals surface area contributed by atoms with E-state index in [9.17, 15) is 19.2 Å². The smallest absolute Gasteiger partial charge is 0.355 e. The van der Waals surface area contributed by atoms with Gasteiger partial charge in [0.1, 0.15) is 5.69 Å². The fourth-order valence-electron chi connectivity index (χ4n) is 4.71. The van der Waals surface area contributed by atoms with Gasteiger partial charge in [0.15, 0.2) is 15.7 Å². The molecule has 6 rings (SSSR count). The van der Waals surface area contributed by atoms with Crippen LogP contribution in [-0.2, 0) is 9.47 Å². The van der Waals surface area contributed by atoms with Gasteiger partial charge in [-0.25, -0.2) is 14.8 Å². The molecule has 280 valence electrons. The van der Waals surface area contributed by atoms with E-state index in [0.717, 1.165) is 51.0 Å². The Morgan fingerprint density at radius 3 is 1.74 bits per heavy atom. The number of hydrogen-bond acceptors (Lipinski definition) is 13. The summed E-state index contributed by atoms with van der Waals surface area (Å²) in [5.41, 5.74) is 2.92. The Balaban J connectivity index is 0.000000203. The summed E-state index contributed by atoms with van der Waals surface area (Å²) < 4.78 is 10.1. The number of H-pyrrole nitrogens is 2. The number of aromatic nitrogens is 4. The van der Waals surface area contributed by atoms with Crippen LogP contribution in [0.25, 0.3) is 21.8 Å². The molecule has 0 spiro atoms. The van der Waals surface area contributed by atoms with E-state index < -0.39 is 5.97 Å². The zero-order chi connectivity index (χ0) is 38.2. The van der Waals surface area contributed by atoms with E-state index in [1.54, 1.807) is 24.8 Å². The fraction of sp³-hybridized carbons (Fsp3) is 0.278. The van der Waals surface area contributed by atoms with Crippen LogP contribution in [0.3, 0.4) is 0 Å². The Kier molecular flexibility index (Phi) is 15.9. The largest absolute Gasteiger partial charge is 0.476 e. The number of benzene rings is 2.